The van der Waals surface area contributed by atoms with E-state index in [1.165, 1.54) is 6.08 Å². The first-order chi connectivity index (χ1) is 10.0. The molecule has 5 nitrogen and oxygen atoms in total. The summed E-state index contributed by atoms with van der Waals surface area (Å²) < 4.78 is 5.35. The van der Waals surface area contributed by atoms with Crippen molar-refractivity contribution < 1.29 is 14.0 Å². The lowest BCUT2D eigenvalue weighted by molar-refractivity contribution is -0.117. The van der Waals surface area contributed by atoms with Gasteiger partial charge in [-0.1, -0.05) is 17.7 Å². The largest absolute Gasteiger partial charge is 0.462 e. The minimum atomic E-state index is -0.478. The van der Waals surface area contributed by atoms with E-state index < -0.39 is 11.8 Å². The van der Waals surface area contributed by atoms with Gasteiger partial charge in [0.25, 0.3) is 11.8 Å². The van der Waals surface area contributed by atoms with Crippen LogP contribution in [0.2, 0.25) is 5.02 Å². The molecule has 0 spiro atoms. The highest BCUT2D eigenvalue weighted by Crippen LogP contribution is 2.24. The Kier molecular flexibility index (Phi) is 3.27. The van der Waals surface area contributed by atoms with Crippen LogP contribution in [0, 0.1) is 6.92 Å². The zero-order chi connectivity index (χ0) is 15.0. The number of aryl methyl sites for hydroxylation is 1. The number of hydrazine groups is 1. The Morgan fingerprint density at radius 1 is 1.24 bits per heavy atom. The zero-order valence-electron chi connectivity index (χ0n) is 11.1. The van der Waals surface area contributed by atoms with Crippen LogP contribution in [0.15, 0.2) is 46.4 Å². The molecule has 0 unspecified atom stereocenters. The molecule has 2 aromatic rings. The quantitative estimate of drug-likeness (QED) is 0.685. The van der Waals surface area contributed by atoms with Crippen molar-refractivity contribution in [2.75, 3.05) is 5.01 Å². The van der Waals surface area contributed by atoms with Gasteiger partial charge in [-0.2, -0.15) is 0 Å². The summed E-state index contributed by atoms with van der Waals surface area (Å²) >= 11 is 5.90. The molecule has 1 aliphatic heterocycles. The normalized spacial score (nSPS) is 16.7. The molecule has 1 N–H and O–H groups in total. The highest BCUT2D eigenvalue weighted by atomic mass is 35.5. The second-order valence-corrected chi connectivity index (χ2v) is 5.00. The van der Waals surface area contributed by atoms with E-state index >= 15 is 0 Å². The number of furan rings is 1. The Hall–Kier alpha value is -2.53. The van der Waals surface area contributed by atoms with Gasteiger partial charge in [0.1, 0.15) is 17.1 Å². The monoisotopic (exact) mass is 302 g/mol. The topological polar surface area (TPSA) is 62.6 Å². The average Bonchev–Trinajstić information content (AvgIpc) is 2.97. The maximum absolute atomic E-state index is 12.3. The summed E-state index contributed by atoms with van der Waals surface area (Å²) in [5.74, 6) is 0.240. The highest BCUT2D eigenvalue weighted by molar-refractivity contribution is 6.33. The molecule has 0 saturated carbocycles. The summed E-state index contributed by atoms with van der Waals surface area (Å²) in [7, 11) is 0. The van der Waals surface area contributed by atoms with E-state index in [0.717, 1.165) is 5.01 Å². The highest BCUT2D eigenvalue weighted by Gasteiger charge is 2.34. The minimum absolute atomic E-state index is 0.0179. The van der Waals surface area contributed by atoms with Crippen LogP contribution < -0.4 is 10.4 Å². The first-order valence-corrected chi connectivity index (χ1v) is 6.61. The number of hydrogen-bond donors (Lipinski definition) is 1. The third kappa shape index (κ3) is 2.55. The van der Waals surface area contributed by atoms with Crippen molar-refractivity contribution in [2.24, 2.45) is 0 Å². The first-order valence-electron chi connectivity index (χ1n) is 6.24. The molecule has 21 heavy (non-hydrogen) atoms. The van der Waals surface area contributed by atoms with E-state index in [0.29, 0.717) is 22.2 Å². The van der Waals surface area contributed by atoms with Gasteiger partial charge in [0.05, 0.1) is 5.69 Å². The Balaban J connectivity index is 1.94. The van der Waals surface area contributed by atoms with E-state index in [2.05, 4.69) is 5.43 Å². The molecule has 1 saturated heterocycles. The molecule has 3 rings (SSSR count). The number of benzene rings is 1. The molecular formula is C15H11ClN2O3. The summed E-state index contributed by atoms with van der Waals surface area (Å²) in [6.45, 7) is 1.79. The van der Waals surface area contributed by atoms with Crippen molar-refractivity contribution in [1.29, 1.82) is 0 Å². The van der Waals surface area contributed by atoms with Gasteiger partial charge in [0.15, 0.2) is 0 Å². The number of nitrogens with one attached hydrogen (secondary N) is 1. The molecular weight excluding hydrogens is 292 g/mol. The maximum Gasteiger partial charge on any atom is 0.282 e. The number of halogens is 1. The lowest BCUT2D eigenvalue weighted by Crippen LogP contribution is -2.35. The minimum Gasteiger partial charge on any atom is -0.462 e. The average molecular weight is 303 g/mol. The summed E-state index contributed by atoms with van der Waals surface area (Å²) in [6, 6.07) is 10.1. The number of anilines is 1. The van der Waals surface area contributed by atoms with Crippen LogP contribution in [-0.4, -0.2) is 11.8 Å². The number of carbonyl (C=O) groups excluding carboxylic acids is 2. The summed E-state index contributed by atoms with van der Waals surface area (Å²) in [4.78, 5) is 24.3. The molecule has 0 aliphatic carbocycles. The van der Waals surface area contributed by atoms with Crippen LogP contribution in [-0.2, 0) is 9.59 Å². The van der Waals surface area contributed by atoms with Crippen LogP contribution in [0.5, 0.6) is 0 Å². The van der Waals surface area contributed by atoms with Gasteiger partial charge in [-0.05, 0) is 43.3 Å². The predicted molar refractivity (Wildman–Crippen MR) is 78.5 cm³/mol. The standard InChI is InChI=1S/C15H11ClN2O3/c1-9-5-6-12(21-9)8-13-14(19)17-18(15(13)20)11-4-2-3-10(16)7-11/h2-8H,1H3,(H,17,19)/b13-8+. The van der Waals surface area contributed by atoms with Crippen LogP contribution in [0.3, 0.4) is 0 Å². The molecule has 1 aromatic carbocycles. The third-order valence-electron chi connectivity index (χ3n) is 3.01. The van der Waals surface area contributed by atoms with Gasteiger partial charge in [0, 0.05) is 5.02 Å². The summed E-state index contributed by atoms with van der Waals surface area (Å²) in [5.41, 5.74) is 3.02. The van der Waals surface area contributed by atoms with E-state index in [9.17, 15) is 9.59 Å². The van der Waals surface area contributed by atoms with Gasteiger partial charge >= 0.3 is 0 Å². The Bertz CT molecular complexity index is 764. The van der Waals surface area contributed by atoms with Gasteiger partial charge in [-0.25, -0.2) is 5.01 Å². The van der Waals surface area contributed by atoms with Crippen LogP contribution in [0.25, 0.3) is 6.08 Å². The number of hydrogen-bond acceptors (Lipinski definition) is 3. The lowest BCUT2D eigenvalue weighted by atomic mass is 10.2. The Labute approximate surface area is 125 Å². The van der Waals surface area contributed by atoms with Crippen molar-refractivity contribution in [3.63, 3.8) is 0 Å². The van der Waals surface area contributed by atoms with Crippen LogP contribution in [0.4, 0.5) is 5.69 Å². The molecule has 6 heteroatoms. The number of carbonyl (C=O) groups is 2. The van der Waals surface area contributed by atoms with Gasteiger partial charge < -0.3 is 4.42 Å². The van der Waals surface area contributed by atoms with E-state index in [1.54, 1.807) is 43.3 Å². The van der Waals surface area contributed by atoms with Crippen molar-refractivity contribution in [3.8, 4) is 0 Å². The SMILES string of the molecule is Cc1ccc(/C=C2\C(=O)NN(c3cccc(Cl)c3)C2=O)o1. The van der Waals surface area contributed by atoms with Gasteiger partial charge in [-0.15, -0.1) is 0 Å². The number of nitrogens with zero attached hydrogens (tertiary/aromatic N) is 1. The van der Waals surface area contributed by atoms with E-state index in [1.807, 2.05) is 0 Å². The fourth-order valence-electron chi connectivity index (χ4n) is 2.03. The summed E-state index contributed by atoms with van der Waals surface area (Å²) in [5, 5.41) is 1.64. The molecule has 0 atom stereocenters. The smallest absolute Gasteiger partial charge is 0.282 e. The fourth-order valence-corrected chi connectivity index (χ4v) is 2.21. The van der Waals surface area contributed by atoms with Gasteiger partial charge in [0.2, 0.25) is 0 Å². The predicted octanol–water partition coefficient (Wildman–Crippen LogP) is 2.70. The van der Waals surface area contributed by atoms with Crippen LogP contribution >= 0.6 is 11.6 Å². The molecule has 0 radical (unpaired) electrons. The fraction of sp³-hybridized carbons (Fsp3) is 0.0667. The first kappa shape index (κ1) is 13.5. The maximum atomic E-state index is 12.3. The third-order valence-corrected chi connectivity index (χ3v) is 3.24. The number of amides is 2. The zero-order valence-corrected chi connectivity index (χ0v) is 11.8. The Morgan fingerprint density at radius 2 is 2.05 bits per heavy atom. The van der Waals surface area contributed by atoms with Gasteiger partial charge in [-0.3, -0.25) is 15.0 Å². The molecule has 0 bridgehead atoms. The molecule has 106 valence electrons. The van der Waals surface area contributed by atoms with Crippen molar-refractivity contribution in [1.82, 2.24) is 5.43 Å². The van der Waals surface area contributed by atoms with Crippen molar-refractivity contribution in [3.05, 3.63) is 58.5 Å². The van der Waals surface area contributed by atoms with E-state index in [4.69, 9.17) is 16.0 Å². The van der Waals surface area contributed by atoms with Crippen molar-refractivity contribution >= 4 is 35.2 Å². The Morgan fingerprint density at radius 3 is 2.71 bits per heavy atom. The second-order valence-electron chi connectivity index (χ2n) is 4.57. The lowest BCUT2D eigenvalue weighted by Gasteiger charge is -2.14. The summed E-state index contributed by atoms with van der Waals surface area (Å²) in [6.07, 6.45) is 1.43. The molecule has 2 amide bonds. The number of rotatable bonds is 2. The molecule has 1 fully saturated rings. The molecule has 1 aliphatic rings. The van der Waals surface area contributed by atoms with Crippen LogP contribution in [0.1, 0.15) is 11.5 Å². The molecule has 1 aromatic heterocycles. The second kappa shape index (κ2) is 5.10. The molecule has 2 heterocycles. The van der Waals surface area contributed by atoms with E-state index in [-0.39, 0.29) is 5.57 Å². The van der Waals surface area contributed by atoms with Crippen molar-refractivity contribution in [2.45, 2.75) is 6.92 Å².